The first kappa shape index (κ1) is 15.5. The first-order valence-corrected chi connectivity index (χ1v) is 6.93. The number of carbonyl (C=O) groups is 1. The van der Waals surface area contributed by atoms with Crippen molar-refractivity contribution in [2.75, 3.05) is 0 Å². The average molecular weight is 334 g/mol. The third-order valence-electron chi connectivity index (χ3n) is 3.31. The summed E-state index contributed by atoms with van der Waals surface area (Å²) in [5.74, 6) is -0.235. The Balaban J connectivity index is 2.80. The summed E-state index contributed by atoms with van der Waals surface area (Å²) < 4.78 is 0.856. The van der Waals surface area contributed by atoms with Gasteiger partial charge in [0.05, 0.1) is 10.6 Å². The fourth-order valence-electron chi connectivity index (χ4n) is 1.51. The van der Waals surface area contributed by atoms with Crippen LogP contribution in [0.25, 0.3) is 0 Å². The second kappa shape index (κ2) is 6.04. The Labute approximate surface area is 121 Å². The predicted molar refractivity (Wildman–Crippen MR) is 78.4 cm³/mol. The van der Waals surface area contributed by atoms with Gasteiger partial charge >= 0.3 is 0 Å². The normalized spacial score (nSPS) is 14.6. The summed E-state index contributed by atoms with van der Waals surface area (Å²) in [5, 5.41) is 3.86. The Hall–Kier alpha value is -0.580. The summed E-state index contributed by atoms with van der Waals surface area (Å²) in [5.41, 5.74) is 5.74. The number of amides is 1. The minimum absolute atomic E-state index is 0.112. The van der Waals surface area contributed by atoms with Gasteiger partial charge in [-0.25, -0.2) is 0 Å². The van der Waals surface area contributed by atoms with Gasteiger partial charge in [-0.1, -0.05) is 31.5 Å². The van der Waals surface area contributed by atoms with E-state index in [4.69, 9.17) is 17.3 Å². The van der Waals surface area contributed by atoms with Crippen molar-refractivity contribution in [3.63, 3.8) is 0 Å². The Morgan fingerprint density at radius 3 is 2.61 bits per heavy atom. The molecule has 0 bridgehead atoms. The molecule has 3 N–H and O–H groups in total. The summed E-state index contributed by atoms with van der Waals surface area (Å²) in [6.45, 7) is 6.30. The molecule has 0 aliphatic heterocycles. The van der Waals surface area contributed by atoms with E-state index in [1.807, 2.05) is 39.0 Å². The maximum absolute atomic E-state index is 11.5. The highest BCUT2D eigenvalue weighted by Crippen LogP contribution is 2.24. The molecular formula is C13H18BrClN2O. The van der Waals surface area contributed by atoms with Crippen LogP contribution in [0, 0.1) is 5.92 Å². The van der Waals surface area contributed by atoms with Crippen LogP contribution in [0.2, 0.25) is 5.02 Å². The zero-order valence-corrected chi connectivity index (χ0v) is 13.1. The molecule has 0 fully saturated rings. The number of benzene rings is 1. The van der Waals surface area contributed by atoms with Gasteiger partial charge in [0.1, 0.15) is 0 Å². The topological polar surface area (TPSA) is 55.1 Å². The SMILES string of the molecule is CC(C)C(C)(NCc1ccc(Br)c(Cl)c1)C(N)=O. The number of nitrogens with two attached hydrogens (primary N) is 1. The molecular weight excluding hydrogens is 316 g/mol. The van der Waals surface area contributed by atoms with Crippen molar-refractivity contribution in [3.8, 4) is 0 Å². The molecule has 0 aliphatic carbocycles. The Morgan fingerprint density at radius 1 is 1.56 bits per heavy atom. The van der Waals surface area contributed by atoms with Gasteiger partial charge in [0, 0.05) is 11.0 Å². The summed E-state index contributed by atoms with van der Waals surface area (Å²) in [6, 6.07) is 5.70. The highest BCUT2D eigenvalue weighted by molar-refractivity contribution is 9.10. The van der Waals surface area contributed by atoms with Crippen LogP contribution in [0.5, 0.6) is 0 Å². The number of carbonyl (C=O) groups excluding carboxylic acids is 1. The third kappa shape index (κ3) is 3.46. The van der Waals surface area contributed by atoms with Crippen molar-refractivity contribution >= 4 is 33.4 Å². The highest BCUT2D eigenvalue weighted by Gasteiger charge is 2.33. The van der Waals surface area contributed by atoms with E-state index in [2.05, 4.69) is 21.2 Å². The molecule has 1 amide bonds. The largest absolute Gasteiger partial charge is 0.368 e. The molecule has 3 nitrogen and oxygen atoms in total. The maximum Gasteiger partial charge on any atom is 0.237 e. The van der Waals surface area contributed by atoms with Gasteiger partial charge in [-0.2, -0.15) is 0 Å². The van der Waals surface area contributed by atoms with Crippen molar-refractivity contribution in [1.82, 2.24) is 5.32 Å². The first-order valence-electron chi connectivity index (χ1n) is 5.76. The lowest BCUT2D eigenvalue weighted by Gasteiger charge is -2.31. The number of halogens is 2. The van der Waals surface area contributed by atoms with E-state index in [0.29, 0.717) is 11.6 Å². The predicted octanol–water partition coefficient (Wildman–Crippen LogP) is 3.09. The van der Waals surface area contributed by atoms with Crippen LogP contribution in [0.15, 0.2) is 22.7 Å². The van der Waals surface area contributed by atoms with Crippen LogP contribution in [0.4, 0.5) is 0 Å². The molecule has 1 rings (SSSR count). The number of rotatable bonds is 5. The third-order valence-corrected chi connectivity index (χ3v) is 4.54. The summed E-state index contributed by atoms with van der Waals surface area (Å²) in [7, 11) is 0. The molecule has 0 saturated carbocycles. The number of nitrogens with one attached hydrogen (secondary N) is 1. The van der Waals surface area contributed by atoms with Crippen LogP contribution in [0.3, 0.4) is 0 Å². The Kier molecular flexibility index (Phi) is 5.20. The second-order valence-corrected chi connectivity index (χ2v) is 6.08. The standard InChI is InChI=1S/C13H18BrClN2O/c1-8(2)13(3,12(16)18)17-7-9-4-5-10(14)11(15)6-9/h4-6,8,17H,7H2,1-3H3,(H2,16,18). The fourth-order valence-corrected chi connectivity index (χ4v) is 1.96. The first-order chi connectivity index (χ1) is 8.27. The molecule has 1 unspecified atom stereocenters. The lowest BCUT2D eigenvalue weighted by Crippen LogP contribution is -2.56. The minimum atomic E-state index is -0.723. The summed E-state index contributed by atoms with van der Waals surface area (Å²) >= 11 is 9.36. The van der Waals surface area contributed by atoms with Gasteiger partial charge in [-0.15, -0.1) is 0 Å². The van der Waals surface area contributed by atoms with Gasteiger partial charge in [0.25, 0.3) is 0 Å². The molecule has 0 heterocycles. The van der Waals surface area contributed by atoms with Crippen molar-refractivity contribution in [1.29, 1.82) is 0 Å². The van der Waals surface area contributed by atoms with Gasteiger partial charge in [0.2, 0.25) is 5.91 Å². The van der Waals surface area contributed by atoms with Crippen LogP contribution >= 0.6 is 27.5 Å². The molecule has 18 heavy (non-hydrogen) atoms. The van der Waals surface area contributed by atoms with E-state index < -0.39 is 5.54 Å². The molecule has 0 saturated heterocycles. The van der Waals surface area contributed by atoms with Crippen molar-refractivity contribution in [2.45, 2.75) is 32.9 Å². The van der Waals surface area contributed by atoms with Crippen molar-refractivity contribution < 1.29 is 4.79 Å². The number of primary amides is 1. The van der Waals surface area contributed by atoms with Crippen LogP contribution in [-0.2, 0) is 11.3 Å². The molecule has 0 radical (unpaired) electrons. The zero-order chi connectivity index (χ0) is 13.9. The van der Waals surface area contributed by atoms with E-state index in [-0.39, 0.29) is 11.8 Å². The quantitative estimate of drug-likeness (QED) is 0.870. The molecule has 100 valence electrons. The number of hydrogen-bond acceptors (Lipinski definition) is 2. The molecule has 1 aromatic carbocycles. The van der Waals surface area contributed by atoms with Crippen LogP contribution < -0.4 is 11.1 Å². The van der Waals surface area contributed by atoms with E-state index in [1.54, 1.807) is 0 Å². The second-order valence-electron chi connectivity index (χ2n) is 4.82. The monoisotopic (exact) mass is 332 g/mol. The van der Waals surface area contributed by atoms with Crippen molar-refractivity contribution in [2.24, 2.45) is 11.7 Å². The van der Waals surface area contributed by atoms with Crippen LogP contribution in [-0.4, -0.2) is 11.4 Å². The minimum Gasteiger partial charge on any atom is -0.368 e. The van der Waals surface area contributed by atoms with Crippen LogP contribution in [0.1, 0.15) is 26.3 Å². The summed E-state index contributed by atoms with van der Waals surface area (Å²) in [6.07, 6.45) is 0. The smallest absolute Gasteiger partial charge is 0.237 e. The van der Waals surface area contributed by atoms with E-state index in [1.165, 1.54) is 0 Å². The lowest BCUT2D eigenvalue weighted by atomic mass is 9.87. The highest BCUT2D eigenvalue weighted by atomic mass is 79.9. The van der Waals surface area contributed by atoms with E-state index in [0.717, 1.165) is 10.0 Å². The number of hydrogen-bond donors (Lipinski definition) is 2. The molecule has 5 heteroatoms. The molecule has 1 atom stereocenters. The zero-order valence-electron chi connectivity index (χ0n) is 10.8. The molecule has 0 aliphatic rings. The Bertz CT molecular complexity index is 451. The maximum atomic E-state index is 11.5. The summed E-state index contributed by atoms with van der Waals surface area (Å²) in [4.78, 5) is 11.5. The Morgan fingerprint density at radius 2 is 2.17 bits per heavy atom. The van der Waals surface area contributed by atoms with Crippen molar-refractivity contribution in [3.05, 3.63) is 33.3 Å². The van der Waals surface area contributed by atoms with Gasteiger partial charge < -0.3 is 5.73 Å². The molecule has 0 spiro atoms. The van der Waals surface area contributed by atoms with Gasteiger partial charge in [-0.05, 0) is 46.5 Å². The van der Waals surface area contributed by atoms with Gasteiger partial charge in [0.15, 0.2) is 0 Å². The fraction of sp³-hybridized carbons (Fsp3) is 0.462. The average Bonchev–Trinajstić information content (AvgIpc) is 2.29. The van der Waals surface area contributed by atoms with Gasteiger partial charge in [-0.3, -0.25) is 10.1 Å². The van der Waals surface area contributed by atoms with E-state index >= 15 is 0 Å². The lowest BCUT2D eigenvalue weighted by molar-refractivity contribution is -0.125. The molecule has 1 aromatic rings. The molecule has 0 aromatic heterocycles. The van der Waals surface area contributed by atoms with E-state index in [9.17, 15) is 4.79 Å².